The largest absolute Gasteiger partial charge is 0.328 e. The molecule has 2 aliphatic rings. The quantitative estimate of drug-likeness (QED) is 0.798. The van der Waals surface area contributed by atoms with Crippen molar-refractivity contribution in [3.63, 3.8) is 0 Å². The molecule has 1 aliphatic heterocycles. The third kappa shape index (κ3) is 3.21. The van der Waals surface area contributed by atoms with Crippen LogP contribution in [0.3, 0.4) is 0 Å². The molecule has 0 aromatic rings. The number of piperidine rings is 1. The van der Waals surface area contributed by atoms with E-state index in [2.05, 4.69) is 18.7 Å². The van der Waals surface area contributed by atoms with Gasteiger partial charge in [-0.05, 0) is 62.9 Å². The number of nitrogens with two attached hydrogens (primary N) is 1. The Morgan fingerprint density at radius 1 is 1.12 bits per heavy atom. The van der Waals surface area contributed by atoms with Crippen LogP contribution in [0.25, 0.3) is 0 Å². The highest BCUT2D eigenvalue weighted by Crippen LogP contribution is 2.28. The van der Waals surface area contributed by atoms with Crippen molar-refractivity contribution in [3.8, 4) is 0 Å². The number of rotatable bonds is 3. The summed E-state index contributed by atoms with van der Waals surface area (Å²) in [5, 5.41) is 0. The lowest BCUT2D eigenvalue weighted by Gasteiger charge is -2.35. The second-order valence-electron chi connectivity index (χ2n) is 6.32. The van der Waals surface area contributed by atoms with Crippen molar-refractivity contribution < 1.29 is 0 Å². The van der Waals surface area contributed by atoms with E-state index < -0.39 is 0 Å². The fourth-order valence-electron chi connectivity index (χ4n) is 3.45. The van der Waals surface area contributed by atoms with Crippen LogP contribution in [-0.4, -0.2) is 30.6 Å². The average molecular weight is 224 g/mol. The molecule has 2 nitrogen and oxygen atoms in total. The van der Waals surface area contributed by atoms with Gasteiger partial charge in [-0.2, -0.15) is 0 Å². The number of hydrogen-bond acceptors (Lipinski definition) is 2. The predicted octanol–water partition coefficient (Wildman–Crippen LogP) is 2.48. The molecular weight excluding hydrogens is 196 g/mol. The lowest BCUT2D eigenvalue weighted by Crippen LogP contribution is -2.38. The molecule has 0 spiro atoms. The molecule has 0 bridgehead atoms. The van der Waals surface area contributed by atoms with E-state index in [1.165, 1.54) is 51.7 Å². The van der Waals surface area contributed by atoms with Crippen molar-refractivity contribution in [3.05, 3.63) is 0 Å². The molecule has 2 fully saturated rings. The number of nitrogens with zero attached hydrogens (tertiary/aromatic N) is 1. The van der Waals surface area contributed by atoms with Gasteiger partial charge in [0.15, 0.2) is 0 Å². The first-order valence-electron chi connectivity index (χ1n) is 7.13. The van der Waals surface area contributed by atoms with E-state index in [0.29, 0.717) is 6.04 Å². The van der Waals surface area contributed by atoms with Crippen LogP contribution in [0.1, 0.15) is 46.0 Å². The maximum absolute atomic E-state index is 5.97. The summed E-state index contributed by atoms with van der Waals surface area (Å²) < 4.78 is 0. The fraction of sp³-hybridized carbons (Fsp3) is 1.00. The highest BCUT2D eigenvalue weighted by atomic mass is 15.1. The molecule has 94 valence electrons. The van der Waals surface area contributed by atoms with E-state index in [1.54, 1.807) is 0 Å². The van der Waals surface area contributed by atoms with Gasteiger partial charge in [0.05, 0.1) is 0 Å². The molecule has 0 aromatic heterocycles. The summed E-state index contributed by atoms with van der Waals surface area (Å²) in [6.07, 6.45) is 6.72. The number of likely N-dealkylation sites (tertiary alicyclic amines) is 1. The highest BCUT2D eigenvalue weighted by Gasteiger charge is 2.26. The van der Waals surface area contributed by atoms with Gasteiger partial charge in [0.1, 0.15) is 0 Å². The molecule has 1 saturated heterocycles. The maximum atomic E-state index is 5.97. The Morgan fingerprint density at radius 2 is 1.81 bits per heavy atom. The molecule has 2 atom stereocenters. The van der Waals surface area contributed by atoms with Crippen molar-refractivity contribution in [2.24, 2.45) is 23.5 Å². The van der Waals surface area contributed by atoms with E-state index in [-0.39, 0.29) is 0 Å². The molecule has 2 unspecified atom stereocenters. The fourth-order valence-corrected chi connectivity index (χ4v) is 3.45. The minimum absolute atomic E-state index is 0.498. The van der Waals surface area contributed by atoms with E-state index in [9.17, 15) is 0 Å². The zero-order chi connectivity index (χ0) is 11.5. The van der Waals surface area contributed by atoms with E-state index in [0.717, 1.165) is 17.8 Å². The first-order chi connectivity index (χ1) is 7.65. The molecule has 1 aliphatic carbocycles. The highest BCUT2D eigenvalue weighted by molar-refractivity contribution is 4.82. The molecule has 1 heterocycles. The van der Waals surface area contributed by atoms with Gasteiger partial charge in [-0.3, -0.25) is 0 Å². The SMILES string of the molecule is CC(C)C1CCN(CC2CCC(N)C2)CC1. The Hall–Kier alpha value is -0.0800. The predicted molar refractivity (Wildman–Crippen MR) is 69.3 cm³/mol. The van der Waals surface area contributed by atoms with E-state index >= 15 is 0 Å². The third-order valence-corrected chi connectivity index (χ3v) is 4.67. The first kappa shape index (κ1) is 12.4. The van der Waals surface area contributed by atoms with Gasteiger partial charge in [-0.15, -0.1) is 0 Å². The van der Waals surface area contributed by atoms with Gasteiger partial charge in [-0.1, -0.05) is 13.8 Å². The van der Waals surface area contributed by atoms with Crippen molar-refractivity contribution in [2.45, 2.75) is 52.0 Å². The van der Waals surface area contributed by atoms with Gasteiger partial charge in [0.25, 0.3) is 0 Å². The third-order valence-electron chi connectivity index (χ3n) is 4.67. The average Bonchev–Trinajstić information content (AvgIpc) is 2.65. The maximum Gasteiger partial charge on any atom is 0.00420 e. The molecular formula is C14H28N2. The van der Waals surface area contributed by atoms with Crippen LogP contribution in [0.15, 0.2) is 0 Å². The van der Waals surface area contributed by atoms with Gasteiger partial charge >= 0.3 is 0 Å². The summed E-state index contributed by atoms with van der Waals surface area (Å²) in [6.45, 7) is 8.72. The summed E-state index contributed by atoms with van der Waals surface area (Å²) in [4.78, 5) is 2.68. The summed E-state index contributed by atoms with van der Waals surface area (Å²) in [5.74, 6) is 2.75. The molecule has 0 aromatic carbocycles. The molecule has 0 amide bonds. The summed E-state index contributed by atoms with van der Waals surface area (Å²) >= 11 is 0. The zero-order valence-electron chi connectivity index (χ0n) is 11.0. The Kier molecular flexibility index (Phi) is 4.26. The Balaban J connectivity index is 1.69. The van der Waals surface area contributed by atoms with Crippen LogP contribution < -0.4 is 5.73 Å². The van der Waals surface area contributed by atoms with Crippen LogP contribution in [0.2, 0.25) is 0 Å². The van der Waals surface area contributed by atoms with Gasteiger partial charge < -0.3 is 10.6 Å². The molecule has 1 saturated carbocycles. The van der Waals surface area contributed by atoms with Crippen molar-refractivity contribution in [2.75, 3.05) is 19.6 Å². The molecule has 2 N–H and O–H groups in total. The van der Waals surface area contributed by atoms with Gasteiger partial charge in [0.2, 0.25) is 0 Å². The monoisotopic (exact) mass is 224 g/mol. The standard InChI is InChI=1S/C14H28N2/c1-11(2)13-5-7-16(8-6-13)10-12-3-4-14(15)9-12/h11-14H,3-10,15H2,1-2H3. The summed E-state index contributed by atoms with van der Waals surface area (Å²) in [7, 11) is 0. The Morgan fingerprint density at radius 3 is 2.31 bits per heavy atom. The topological polar surface area (TPSA) is 29.3 Å². The van der Waals surface area contributed by atoms with Crippen molar-refractivity contribution in [1.29, 1.82) is 0 Å². The number of hydrogen-bond donors (Lipinski definition) is 1. The van der Waals surface area contributed by atoms with Crippen LogP contribution in [-0.2, 0) is 0 Å². The van der Waals surface area contributed by atoms with Crippen LogP contribution in [0.5, 0.6) is 0 Å². The van der Waals surface area contributed by atoms with Crippen molar-refractivity contribution in [1.82, 2.24) is 4.90 Å². The van der Waals surface area contributed by atoms with Gasteiger partial charge in [-0.25, -0.2) is 0 Å². The molecule has 2 heteroatoms. The molecule has 0 radical (unpaired) electrons. The van der Waals surface area contributed by atoms with Crippen LogP contribution in [0, 0.1) is 17.8 Å². The Labute approximate surface area is 101 Å². The minimum atomic E-state index is 0.498. The summed E-state index contributed by atoms with van der Waals surface area (Å²) in [6, 6.07) is 0.498. The lowest BCUT2D eigenvalue weighted by molar-refractivity contribution is 0.140. The van der Waals surface area contributed by atoms with Crippen molar-refractivity contribution >= 4 is 0 Å². The lowest BCUT2D eigenvalue weighted by atomic mass is 9.86. The normalized spacial score (nSPS) is 33.8. The van der Waals surface area contributed by atoms with Gasteiger partial charge in [0, 0.05) is 12.6 Å². The van der Waals surface area contributed by atoms with Crippen LogP contribution in [0.4, 0.5) is 0 Å². The molecule has 2 rings (SSSR count). The Bertz CT molecular complexity index is 207. The van der Waals surface area contributed by atoms with E-state index in [4.69, 9.17) is 5.73 Å². The summed E-state index contributed by atoms with van der Waals surface area (Å²) in [5.41, 5.74) is 5.97. The zero-order valence-corrected chi connectivity index (χ0v) is 11.0. The smallest absolute Gasteiger partial charge is 0.00420 e. The van der Waals surface area contributed by atoms with Crippen LogP contribution >= 0.6 is 0 Å². The minimum Gasteiger partial charge on any atom is -0.328 e. The second kappa shape index (κ2) is 5.50. The first-order valence-corrected chi connectivity index (χ1v) is 7.13. The van der Waals surface area contributed by atoms with E-state index in [1.807, 2.05) is 0 Å². The molecule has 16 heavy (non-hydrogen) atoms. The second-order valence-corrected chi connectivity index (χ2v) is 6.32.